The van der Waals surface area contributed by atoms with E-state index in [1.807, 2.05) is 5.38 Å². The van der Waals surface area contributed by atoms with Gasteiger partial charge in [0.15, 0.2) is 5.13 Å². The molecule has 114 valence electrons. The summed E-state index contributed by atoms with van der Waals surface area (Å²) >= 11 is 1.47. The van der Waals surface area contributed by atoms with E-state index in [-0.39, 0.29) is 17.9 Å². The molecule has 3 rings (SSSR count). The lowest BCUT2D eigenvalue weighted by molar-refractivity contribution is -0.121. The number of aromatic nitrogens is 1. The van der Waals surface area contributed by atoms with Crippen molar-refractivity contribution in [3.8, 4) is 0 Å². The molecule has 0 aromatic carbocycles. The van der Waals surface area contributed by atoms with E-state index in [1.165, 1.54) is 31.3 Å². The Morgan fingerprint density at radius 3 is 2.95 bits per heavy atom. The Morgan fingerprint density at radius 1 is 1.43 bits per heavy atom. The number of ether oxygens (including phenoxy) is 1. The van der Waals surface area contributed by atoms with Crippen molar-refractivity contribution in [1.29, 1.82) is 0 Å². The second-order valence-corrected chi connectivity index (χ2v) is 6.45. The van der Waals surface area contributed by atoms with Gasteiger partial charge in [0.25, 0.3) is 0 Å². The van der Waals surface area contributed by atoms with E-state index in [4.69, 9.17) is 4.74 Å². The Labute approximate surface area is 127 Å². The third-order valence-electron chi connectivity index (χ3n) is 3.97. The Balaban J connectivity index is 1.57. The molecule has 1 N–H and O–H groups in total. The highest BCUT2D eigenvalue weighted by Gasteiger charge is 2.30. The first kappa shape index (κ1) is 14.3. The minimum atomic E-state index is -0.363. The Hall–Kier alpha value is -1.63. The lowest BCUT2D eigenvalue weighted by Crippen LogP contribution is -2.43. The molecule has 0 spiro atoms. The van der Waals surface area contributed by atoms with Gasteiger partial charge in [0.05, 0.1) is 18.7 Å². The van der Waals surface area contributed by atoms with Crippen LogP contribution >= 0.6 is 11.3 Å². The highest BCUT2D eigenvalue weighted by Crippen LogP contribution is 2.40. The van der Waals surface area contributed by atoms with Crippen LogP contribution in [0, 0.1) is 5.92 Å². The van der Waals surface area contributed by atoms with E-state index in [2.05, 4.69) is 10.3 Å². The quantitative estimate of drug-likeness (QED) is 0.931. The largest absolute Gasteiger partial charge is 0.453 e. The SMILES string of the molecule is COC(=O)N1CCC[C@H](C(=O)Nc2nc(C3CC3)cs2)C1. The third kappa shape index (κ3) is 3.34. The monoisotopic (exact) mass is 309 g/mol. The number of hydrogen-bond acceptors (Lipinski definition) is 5. The van der Waals surface area contributed by atoms with Crippen LogP contribution in [0.15, 0.2) is 5.38 Å². The number of amides is 2. The second-order valence-electron chi connectivity index (χ2n) is 5.60. The maximum absolute atomic E-state index is 12.3. The van der Waals surface area contributed by atoms with Crippen LogP contribution in [0.2, 0.25) is 0 Å². The first-order chi connectivity index (χ1) is 10.2. The first-order valence-corrected chi connectivity index (χ1v) is 8.14. The predicted octanol–water partition coefficient (Wildman–Crippen LogP) is 2.44. The van der Waals surface area contributed by atoms with Crippen molar-refractivity contribution in [2.45, 2.75) is 31.6 Å². The predicted molar refractivity (Wildman–Crippen MR) is 79.4 cm³/mol. The Bertz CT molecular complexity index is 541. The number of methoxy groups -OCH3 is 1. The fraction of sp³-hybridized carbons (Fsp3) is 0.643. The van der Waals surface area contributed by atoms with Crippen molar-refractivity contribution < 1.29 is 14.3 Å². The molecule has 0 bridgehead atoms. The molecule has 21 heavy (non-hydrogen) atoms. The van der Waals surface area contributed by atoms with E-state index in [9.17, 15) is 9.59 Å². The summed E-state index contributed by atoms with van der Waals surface area (Å²) in [6, 6.07) is 0. The molecular formula is C14H19N3O3S. The van der Waals surface area contributed by atoms with Crippen molar-refractivity contribution in [3.05, 3.63) is 11.1 Å². The van der Waals surface area contributed by atoms with Crippen LogP contribution in [-0.4, -0.2) is 42.1 Å². The van der Waals surface area contributed by atoms with Gasteiger partial charge in [0.2, 0.25) is 5.91 Å². The second kappa shape index (κ2) is 6.01. The van der Waals surface area contributed by atoms with Crippen LogP contribution in [-0.2, 0) is 9.53 Å². The van der Waals surface area contributed by atoms with Crippen LogP contribution in [0.25, 0.3) is 0 Å². The minimum Gasteiger partial charge on any atom is -0.453 e. The summed E-state index contributed by atoms with van der Waals surface area (Å²) in [7, 11) is 1.36. The van der Waals surface area contributed by atoms with Crippen LogP contribution in [0.4, 0.5) is 9.93 Å². The van der Waals surface area contributed by atoms with E-state index < -0.39 is 0 Å². The van der Waals surface area contributed by atoms with Crippen molar-refractivity contribution in [2.24, 2.45) is 5.92 Å². The van der Waals surface area contributed by atoms with E-state index in [0.29, 0.717) is 24.1 Å². The molecule has 1 saturated carbocycles. The molecule has 1 saturated heterocycles. The first-order valence-electron chi connectivity index (χ1n) is 7.26. The van der Waals surface area contributed by atoms with Gasteiger partial charge in [-0.05, 0) is 25.7 Å². The van der Waals surface area contributed by atoms with Gasteiger partial charge in [-0.2, -0.15) is 0 Å². The molecule has 0 radical (unpaired) electrons. The standard InChI is InChI=1S/C14H19N3O3S/c1-20-14(19)17-6-2-3-10(7-17)12(18)16-13-15-11(8-21-13)9-4-5-9/h8-10H,2-7H2,1H3,(H,15,16,18)/t10-/m0/s1. The fourth-order valence-electron chi connectivity index (χ4n) is 2.60. The highest BCUT2D eigenvalue weighted by molar-refractivity contribution is 7.13. The maximum atomic E-state index is 12.3. The number of carbonyl (C=O) groups is 2. The van der Waals surface area contributed by atoms with Gasteiger partial charge >= 0.3 is 6.09 Å². The fourth-order valence-corrected chi connectivity index (χ4v) is 3.40. The maximum Gasteiger partial charge on any atom is 0.409 e. The number of nitrogens with one attached hydrogen (secondary N) is 1. The Kier molecular flexibility index (Phi) is 4.10. The summed E-state index contributed by atoms with van der Waals surface area (Å²) in [6.07, 6.45) is 3.65. The summed E-state index contributed by atoms with van der Waals surface area (Å²) in [5.41, 5.74) is 1.09. The van der Waals surface area contributed by atoms with Gasteiger partial charge in [0, 0.05) is 24.4 Å². The van der Waals surface area contributed by atoms with Gasteiger partial charge in [0.1, 0.15) is 0 Å². The van der Waals surface area contributed by atoms with Crippen molar-refractivity contribution in [3.63, 3.8) is 0 Å². The Morgan fingerprint density at radius 2 is 2.24 bits per heavy atom. The van der Waals surface area contributed by atoms with Gasteiger partial charge < -0.3 is 15.0 Å². The van der Waals surface area contributed by atoms with Crippen molar-refractivity contribution >= 4 is 28.5 Å². The molecule has 1 atom stereocenters. The van der Waals surface area contributed by atoms with Crippen LogP contribution in [0.5, 0.6) is 0 Å². The summed E-state index contributed by atoms with van der Waals surface area (Å²) in [5, 5.41) is 5.57. The molecule has 0 unspecified atom stereocenters. The number of rotatable bonds is 3. The van der Waals surface area contributed by atoms with Gasteiger partial charge in [-0.25, -0.2) is 9.78 Å². The summed E-state index contributed by atoms with van der Waals surface area (Å²) in [6.45, 7) is 1.07. The van der Waals surface area contributed by atoms with E-state index in [0.717, 1.165) is 18.5 Å². The molecular weight excluding hydrogens is 290 g/mol. The lowest BCUT2D eigenvalue weighted by Gasteiger charge is -2.30. The smallest absolute Gasteiger partial charge is 0.409 e. The van der Waals surface area contributed by atoms with Crippen molar-refractivity contribution in [2.75, 3.05) is 25.5 Å². The van der Waals surface area contributed by atoms with Crippen molar-refractivity contribution in [1.82, 2.24) is 9.88 Å². The average Bonchev–Trinajstić information content (AvgIpc) is 3.27. The lowest BCUT2D eigenvalue weighted by atomic mass is 9.97. The van der Waals surface area contributed by atoms with Gasteiger partial charge in [-0.15, -0.1) is 11.3 Å². The molecule has 1 aliphatic carbocycles. The highest BCUT2D eigenvalue weighted by atomic mass is 32.1. The van der Waals surface area contributed by atoms with E-state index >= 15 is 0 Å². The molecule has 1 aromatic heterocycles. The molecule has 1 aliphatic heterocycles. The van der Waals surface area contributed by atoms with E-state index in [1.54, 1.807) is 4.90 Å². The summed E-state index contributed by atoms with van der Waals surface area (Å²) in [5.74, 6) is 0.350. The third-order valence-corrected chi connectivity index (χ3v) is 4.75. The number of likely N-dealkylation sites (tertiary alicyclic amines) is 1. The van der Waals surface area contributed by atoms with Crippen LogP contribution < -0.4 is 5.32 Å². The molecule has 2 heterocycles. The zero-order valence-electron chi connectivity index (χ0n) is 12.0. The summed E-state index contributed by atoms with van der Waals surface area (Å²) in [4.78, 5) is 29.9. The number of carbonyl (C=O) groups excluding carboxylic acids is 2. The van der Waals surface area contributed by atoms with Gasteiger partial charge in [-0.1, -0.05) is 0 Å². The van der Waals surface area contributed by atoms with Gasteiger partial charge in [-0.3, -0.25) is 4.79 Å². The molecule has 1 aromatic rings. The number of piperidine rings is 1. The minimum absolute atomic E-state index is 0.0553. The van der Waals surface area contributed by atoms with Crippen LogP contribution in [0.1, 0.15) is 37.3 Å². The summed E-state index contributed by atoms with van der Waals surface area (Å²) < 4.78 is 4.72. The molecule has 7 heteroatoms. The van der Waals surface area contributed by atoms with Crippen LogP contribution in [0.3, 0.4) is 0 Å². The normalized spacial score (nSPS) is 22.0. The average molecular weight is 309 g/mol. The number of hydrogen-bond donors (Lipinski definition) is 1. The zero-order chi connectivity index (χ0) is 14.8. The topological polar surface area (TPSA) is 71.5 Å². The zero-order valence-corrected chi connectivity index (χ0v) is 12.8. The number of anilines is 1. The molecule has 2 amide bonds. The number of thiazole rings is 1. The molecule has 6 nitrogen and oxygen atoms in total. The molecule has 2 fully saturated rings. The number of nitrogens with zero attached hydrogens (tertiary/aromatic N) is 2. The molecule has 2 aliphatic rings.